The van der Waals surface area contributed by atoms with Gasteiger partial charge in [0.2, 0.25) is 0 Å². The molecule has 1 rings (SSSR count). The lowest BCUT2D eigenvalue weighted by molar-refractivity contribution is 0.286. The number of hydrogen-bond donors (Lipinski definition) is 2. The number of unbranched alkanes of at least 4 members (excludes halogenated alkanes) is 2. The van der Waals surface area contributed by atoms with Crippen molar-refractivity contribution in [3.8, 4) is 11.5 Å². The molecule has 0 amide bonds. The number of ether oxygens (including phenoxy) is 2. The summed E-state index contributed by atoms with van der Waals surface area (Å²) < 4.78 is 11.0. The van der Waals surface area contributed by atoms with E-state index in [0.717, 1.165) is 24.8 Å². The average molecular weight is 295 g/mol. The van der Waals surface area contributed by atoms with Crippen molar-refractivity contribution < 1.29 is 9.47 Å². The number of nitrogens with zero attached hydrogens (tertiary/aromatic N) is 1. The van der Waals surface area contributed by atoms with Crippen LogP contribution in [-0.2, 0) is 0 Å². The number of hydrazone groups is 1. The van der Waals surface area contributed by atoms with Crippen LogP contribution >= 0.6 is 12.2 Å². The Morgan fingerprint density at radius 3 is 2.85 bits per heavy atom. The molecule has 0 aromatic heterocycles. The minimum absolute atomic E-state index is 0.130. The number of nitrogens with one attached hydrogen (secondary N) is 1. The van der Waals surface area contributed by atoms with Gasteiger partial charge >= 0.3 is 0 Å². The van der Waals surface area contributed by atoms with Gasteiger partial charge in [-0.15, -0.1) is 0 Å². The third-order valence-corrected chi connectivity index (χ3v) is 2.67. The molecule has 1 aromatic rings. The standard InChI is InChI=1S/C14H21N3O2S/c1-3-4-5-8-19-13-9-11(6-7-12(13)18-2)10-16-17-14(15)20/h6-7,9-10H,3-5,8H2,1-2H3,(H3,15,17,20). The molecular formula is C14H21N3O2S. The predicted molar refractivity (Wildman–Crippen MR) is 85.5 cm³/mol. The maximum absolute atomic E-state index is 5.74. The molecule has 6 heteroatoms. The van der Waals surface area contributed by atoms with Gasteiger partial charge in [0.25, 0.3) is 0 Å². The number of rotatable bonds is 8. The number of methoxy groups -OCH3 is 1. The van der Waals surface area contributed by atoms with Crippen molar-refractivity contribution in [3.05, 3.63) is 23.8 Å². The van der Waals surface area contributed by atoms with Gasteiger partial charge in [0.05, 0.1) is 19.9 Å². The summed E-state index contributed by atoms with van der Waals surface area (Å²) in [4.78, 5) is 0. The molecule has 0 atom stereocenters. The van der Waals surface area contributed by atoms with Gasteiger partial charge in [0, 0.05) is 0 Å². The first-order chi connectivity index (χ1) is 9.67. The molecule has 110 valence electrons. The van der Waals surface area contributed by atoms with Crippen molar-refractivity contribution in [2.24, 2.45) is 10.8 Å². The van der Waals surface area contributed by atoms with E-state index in [1.165, 1.54) is 0 Å². The van der Waals surface area contributed by atoms with Crippen molar-refractivity contribution in [2.75, 3.05) is 13.7 Å². The first-order valence-electron chi connectivity index (χ1n) is 6.56. The highest BCUT2D eigenvalue weighted by molar-refractivity contribution is 7.80. The van der Waals surface area contributed by atoms with Gasteiger partial charge in [0.15, 0.2) is 16.6 Å². The Morgan fingerprint density at radius 2 is 2.20 bits per heavy atom. The molecule has 0 aliphatic heterocycles. The topological polar surface area (TPSA) is 68.9 Å². The number of thiocarbonyl (C=S) groups is 1. The molecule has 0 heterocycles. The van der Waals surface area contributed by atoms with E-state index in [4.69, 9.17) is 15.2 Å². The summed E-state index contributed by atoms with van der Waals surface area (Å²) in [6, 6.07) is 5.59. The fraction of sp³-hybridized carbons (Fsp3) is 0.429. The Bertz CT molecular complexity index is 464. The van der Waals surface area contributed by atoms with Gasteiger partial charge in [0.1, 0.15) is 0 Å². The smallest absolute Gasteiger partial charge is 0.184 e. The van der Waals surface area contributed by atoms with E-state index in [0.29, 0.717) is 18.1 Å². The molecular weight excluding hydrogens is 274 g/mol. The average Bonchev–Trinajstić information content (AvgIpc) is 2.43. The van der Waals surface area contributed by atoms with Crippen molar-refractivity contribution in [3.63, 3.8) is 0 Å². The molecule has 3 N–H and O–H groups in total. The summed E-state index contributed by atoms with van der Waals surface area (Å²) in [5, 5.41) is 4.04. The quantitative estimate of drug-likeness (QED) is 0.334. The molecule has 0 unspecified atom stereocenters. The monoisotopic (exact) mass is 295 g/mol. The number of nitrogens with two attached hydrogens (primary N) is 1. The molecule has 20 heavy (non-hydrogen) atoms. The molecule has 0 aliphatic rings. The summed E-state index contributed by atoms with van der Waals surface area (Å²) in [7, 11) is 1.62. The summed E-state index contributed by atoms with van der Waals surface area (Å²) in [6.07, 6.45) is 4.97. The second kappa shape index (κ2) is 9.14. The molecule has 5 nitrogen and oxygen atoms in total. The van der Waals surface area contributed by atoms with E-state index < -0.39 is 0 Å². The summed E-state index contributed by atoms with van der Waals surface area (Å²) >= 11 is 4.67. The van der Waals surface area contributed by atoms with E-state index in [1.54, 1.807) is 13.3 Å². The molecule has 0 fully saturated rings. The summed E-state index contributed by atoms with van der Waals surface area (Å²) in [5.74, 6) is 1.42. The van der Waals surface area contributed by atoms with E-state index in [-0.39, 0.29) is 5.11 Å². The van der Waals surface area contributed by atoms with Crippen LogP contribution in [0.2, 0.25) is 0 Å². The van der Waals surface area contributed by atoms with Crippen LogP contribution in [0.3, 0.4) is 0 Å². The van der Waals surface area contributed by atoms with Crippen molar-refractivity contribution in [1.82, 2.24) is 5.43 Å². The van der Waals surface area contributed by atoms with Gasteiger partial charge in [-0.05, 0) is 42.4 Å². The van der Waals surface area contributed by atoms with Crippen LogP contribution < -0.4 is 20.6 Å². The lowest BCUT2D eigenvalue weighted by atomic mass is 10.2. The Balaban J connectivity index is 2.69. The zero-order valence-electron chi connectivity index (χ0n) is 11.9. The van der Waals surface area contributed by atoms with Crippen LogP contribution in [0.1, 0.15) is 31.7 Å². The van der Waals surface area contributed by atoms with Crippen LogP contribution in [0.25, 0.3) is 0 Å². The first-order valence-corrected chi connectivity index (χ1v) is 6.97. The minimum atomic E-state index is 0.130. The second-order valence-corrected chi connectivity index (χ2v) is 4.64. The van der Waals surface area contributed by atoms with E-state index in [9.17, 15) is 0 Å². The molecule has 0 saturated heterocycles. The SMILES string of the molecule is CCCCCOc1cc(C=NNC(N)=S)ccc1OC. The van der Waals surface area contributed by atoms with Gasteiger partial charge in [-0.2, -0.15) is 5.10 Å². The van der Waals surface area contributed by atoms with Crippen LogP contribution in [0.4, 0.5) is 0 Å². The van der Waals surface area contributed by atoms with Crippen LogP contribution in [0, 0.1) is 0 Å². The molecule has 0 radical (unpaired) electrons. The zero-order valence-corrected chi connectivity index (χ0v) is 12.7. The lowest BCUT2D eigenvalue weighted by Crippen LogP contribution is -2.23. The second-order valence-electron chi connectivity index (χ2n) is 4.20. The third kappa shape index (κ3) is 5.88. The van der Waals surface area contributed by atoms with Gasteiger partial charge in [-0.1, -0.05) is 19.8 Å². The summed E-state index contributed by atoms with van der Waals surface area (Å²) in [5.41, 5.74) is 8.67. The van der Waals surface area contributed by atoms with Crippen molar-refractivity contribution in [1.29, 1.82) is 0 Å². The van der Waals surface area contributed by atoms with Crippen LogP contribution in [-0.4, -0.2) is 25.0 Å². The highest BCUT2D eigenvalue weighted by Gasteiger charge is 2.04. The third-order valence-electron chi connectivity index (χ3n) is 2.58. The number of hydrogen-bond acceptors (Lipinski definition) is 4. The molecule has 0 aliphatic carbocycles. The Morgan fingerprint density at radius 1 is 1.40 bits per heavy atom. The molecule has 0 bridgehead atoms. The zero-order chi connectivity index (χ0) is 14.8. The Kier molecular flexibility index (Phi) is 7.42. The van der Waals surface area contributed by atoms with Gasteiger partial charge in [-0.3, -0.25) is 5.43 Å². The summed E-state index contributed by atoms with van der Waals surface area (Å²) in [6.45, 7) is 2.84. The maximum Gasteiger partial charge on any atom is 0.184 e. The molecule has 0 saturated carbocycles. The fourth-order valence-electron chi connectivity index (χ4n) is 1.59. The van der Waals surface area contributed by atoms with E-state index in [2.05, 4.69) is 29.7 Å². The largest absolute Gasteiger partial charge is 0.493 e. The number of benzene rings is 1. The Labute approximate surface area is 125 Å². The van der Waals surface area contributed by atoms with Gasteiger partial charge in [-0.25, -0.2) is 0 Å². The maximum atomic E-state index is 5.74. The van der Waals surface area contributed by atoms with E-state index >= 15 is 0 Å². The Hall–Kier alpha value is -1.82. The molecule has 0 spiro atoms. The van der Waals surface area contributed by atoms with Crippen molar-refractivity contribution in [2.45, 2.75) is 26.2 Å². The fourth-order valence-corrected chi connectivity index (χ4v) is 1.64. The normalized spacial score (nSPS) is 10.5. The van der Waals surface area contributed by atoms with Gasteiger partial charge < -0.3 is 15.2 Å². The predicted octanol–water partition coefficient (Wildman–Crippen LogP) is 2.43. The van der Waals surface area contributed by atoms with E-state index in [1.807, 2.05) is 18.2 Å². The van der Waals surface area contributed by atoms with Crippen LogP contribution in [0.15, 0.2) is 23.3 Å². The van der Waals surface area contributed by atoms with Crippen LogP contribution in [0.5, 0.6) is 11.5 Å². The van der Waals surface area contributed by atoms with Crippen molar-refractivity contribution >= 4 is 23.5 Å². The highest BCUT2D eigenvalue weighted by atomic mass is 32.1. The molecule has 1 aromatic carbocycles. The highest BCUT2D eigenvalue weighted by Crippen LogP contribution is 2.27. The minimum Gasteiger partial charge on any atom is -0.493 e. The lowest BCUT2D eigenvalue weighted by Gasteiger charge is -2.11. The first kappa shape index (κ1) is 16.2.